The molecule has 1 fully saturated rings. The molecular weight excluding hydrogens is 396 g/mol. The van der Waals surface area contributed by atoms with Gasteiger partial charge in [-0.15, -0.1) is 0 Å². The second-order valence-electron chi connectivity index (χ2n) is 8.46. The first-order valence-electron chi connectivity index (χ1n) is 11.8. The highest BCUT2D eigenvalue weighted by atomic mass is 35.5. The van der Waals surface area contributed by atoms with E-state index in [1.807, 2.05) is 36.1 Å². The van der Waals surface area contributed by atoms with Crippen LogP contribution in [0.4, 0.5) is 0 Å². The first-order chi connectivity index (χ1) is 14.5. The minimum Gasteiger partial charge on any atom is -0.396 e. The van der Waals surface area contributed by atoms with E-state index in [-0.39, 0.29) is 18.6 Å². The van der Waals surface area contributed by atoms with Gasteiger partial charge in [-0.2, -0.15) is 0 Å². The molecule has 2 rings (SSSR count). The van der Waals surface area contributed by atoms with E-state index in [1.54, 1.807) is 0 Å². The summed E-state index contributed by atoms with van der Waals surface area (Å²) in [6, 6.07) is 7.87. The summed E-state index contributed by atoms with van der Waals surface area (Å²) >= 11 is 6.07. The molecule has 5 heteroatoms. The molecule has 172 valence electrons. The third kappa shape index (κ3) is 10.8. The molecule has 0 spiro atoms. The van der Waals surface area contributed by atoms with E-state index < -0.39 is 0 Å². The van der Waals surface area contributed by atoms with Gasteiger partial charge < -0.3 is 14.9 Å². The van der Waals surface area contributed by atoms with Gasteiger partial charge in [0.25, 0.3) is 0 Å². The maximum Gasteiger partial charge on any atom is 0.223 e. The lowest BCUT2D eigenvalue weighted by Gasteiger charge is -2.36. The van der Waals surface area contributed by atoms with Crippen LogP contribution in [0, 0.1) is 5.92 Å². The Morgan fingerprint density at radius 3 is 2.13 bits per heavy atom. The predicted octanol–water partition coefficient (Wildman–Crippen LogP) is 5.93. The minimum atomic E-state index is 0.0107. The molecule has 1 N–H and O–H groups in total. The molecule has 0 aliphatic heterocycles. The molecule has 1 aliphatic carbocycles. The summed E-state index contributed by atoms with van der Waals surface area (Å²) < 4.78 is 0. The molecule has 0 saturated heterocycles. The molecule has 1 aromatic rings. The van der Waals surface area contributed by atoms with E-state index in [0.717, 1.165) is 63.3 Å². The third-order valence-electron chi connectivity index (χ3n) is 5.35. The number of carbonyl (C=O) groups excluding carboxylic acids is 1. The molecule has 1 aromatic carbocycles. The van der Waals surface area contributed by atoms with Crippen LogP contribution in [-0.4, -0.2) is 53.6 Å². The van der Waals surface area contributed by atoms with Crippen LogP contribution in [0.15, 0.2) is 24.3 Å². The number of amides is 1. The Labute approximate surface area is 189 Å². The fraction of sp³-hybridized carbons (Fsp3) is 0.720. The van der Waals surface area contributed by atoms with Crippen LogP contribution < -0.4 is 0 Å². The number of halogens is 1. The highest BCUT2D eigenvalue weighted by Gasteiger charge is 2.26. The van der Waals surface area contributed by atoms with Crippen molar-refractivity contribution < 1.29 is 9.90 Å². The molecule has 4 nitrogen and oxygen atoms in total. The number of carbonyl (C=O) groups is 1. The van der Waals surface area contributed by atoms with Crippen LogP contribution in [0.1, 0.15) is 84.2 Å². The predicted molar refractivity (Wildman–Crippen MR) is 128 cm³/mol. The van der Waals surface area contributed by atoms with Crippen molar-refractivity contribution in [3.05, 3.63) is 34.9 Å². The summed E-state index contributed by atoms with van der Waals surface area (Å²) in [6.07, 6.45) is 7.15. The quantitative estimate of drug-likeness (QED) is 0.415. The van der Waals surface area contributed by atoms with Gasteiger partial charge in [0.15, 0.2) is 0 Å². The Hall–Kier alpha value is -1.10. The summed E-state index contributed by atoms with van der Waals surface area (Å²) in [5.74, 6) is 1.30. The summed E-state index contributed by atoms with van der Waals surface area (Å²) in [4.78, 5) is 17.2. The molecule has 1 amide bonds. The molecule has 1 saturated carbocycles. The second-order valence-corrected chi connectivity index (χ2v) is 8.90. The summed E-state index contributed by atoms with van der Waals surface area (Å²) in [6.45, 7) is 12.1. The SMILES string of the molecule is CC1CC1.CCCC(=O)N(CCC)[C@H](CN(CCC)CCCO)c1ccc(Cl)cc1. The molecule has 0 heterocycles. The Morgan fingerprint density at radius 1 is 1.07 bits per heavy atom. The lowest BCUT2D eigenvalue weighted by Crippen LogP contribution is -2.42. The zero-order valence-electron chi connectivity index (χ0n) is 19.6. The number of hydrogen-bond acceptors (Lipinski definition) is 3. The number of aliphatic hydroxyl groups is 1. The van der Waals surface area contributed by atoms with Gasteiger partial charge in [-0.05, 0) is 55.8 Å². The Kier molecular flexibility index (Phi) is 14.1. The monoisotopic (exact) mass is 438 g/mol. The first-order valence-corrected chi connectivity index (χ1v) is 12.2. The largest absolute Gasteiger partial charge is 0.396 e. The van der Waals surface area contributed by atoms with Crippen LogP contribution in [0.2, 0.25) is 5.02 Å². The van der Waals surface area contributed by atoms with Gasteiger partial charge in [-0.3, -0.25) is 4.79 Å². The van der Waals surface area contributed by atoms with Crippen molar-refractivity contribution in [1.29, 1.82) is 0 Å². The van der Waals surface area contributed by atoms with Gasteiger partial charge in [-0.1, -0.05) is 64.3 Å². The van der Waals surface area contributed by atoms with Crippen molar-refractivity contribution in [3.8, 4) is 0 Å². The van der Waals surface area contributed by atoms with E-state index >= 15 is 0 Å². The molecule has 0 radical (unpaired) electrons. The van der Waals surface area contributed by atoms with Gasteiger partial charge in [0, 0.05) is 37.7 Å². The maximum absolute atomic E-state index is 12.8. The minimum absolute atomic E-state index is 0.0107. The molecule has 1 aliphatic rings. The van der Waals surface area contributed by atoms with Crippen molar-refractivity contribution in [1.82, 2.24) is 9.80 Å². The normalized spacial score (nSPS) is 14.2. The zero-order valence-corrected chi connectivity index (χ0v) is 20.3. The van der Waals surface area contributed by atoms with Crippen LogP contribution >= 0.6 is 11.6 Å². The van der Waals surface area contributed by atoms with E-state index in [4.69, 9.17) is 11.6 Å². The third-order valence-corrected chi connectivity index (χ3v) is 5.60. The van der Waals surface area contributed by atoms with Crippen molar-refractivity contribution in [2.75, 3.05) is 32.8 Å². The molecule has 0 aromatic heterocycles. The van der Waals surface area contributed by atoms with Gasteiger partial charge in [0.2, 0.25) is 5.91 Å². The summed E-state index contributed by atoms with van der Waals surface area (Å²) in [7, 11) is 0. The smallest absolute Gasteiger partial charge is 0.223 e. The average Bonchev–Trinajstić information content (AvgIpc) is 3.52. The number of aliphatic hydroxyl groups excluding tert-OH is 1. The standard InChI is InChI=1S/C21H35ClN2O2.C4H8/c1-4-8-21(26)24(14-6-3)20(18-9-11-19(22)12-10-18)17-23(13-5-2)15-7-16-25;1-4-2-3-4/h9-12,20,25H,4-8,13-17H2,1-3H3;4H,2-3H2,1H3/t20-;/m1./s1. The van der Waals surface area contributed by atoms with Gasteiger partial charge in [0.05, 0.1) is 6.04 Å². The second kappa shape index (κ2) is 15.7. The summed E-state index contributed by atoms with van der Waals surface area (Å²) in [5.41, 5.74) is 1.12. The molecular formula is C25H43ClN2O2. The highest BCUT2D eigenvalue weighted by Crippen LogP contribution is 2.27. The highest BCUT2D eigenvalue weighted by molar-refractivity contribution is 6.30. The van der Waals surface area contributed by atoms with E-state index in [1.165, 1.54) is 12.8 Å². The van der Waals surface area contributed by atoms with Crippen molar-refractivity contribution in [2.45, 2.75) is 78.7 Å². The van der Waals surface area contributed by atoms with Crippen LogP contribution in [0.25, 0.3) is 0 Å². The maximum atomic E-state index is 12.8. The lowest BCUT2D eigenvalue weighted by atomic mass is 10.0. The molecule has 0 unspecified atom stereocenters. The van der Waals surface area contributed by atoms with Crippen LogP contribution in [0.5, 0.6) is 0 Å². The average molecular weight is 439 g/mol. The van der Waals surface area contributed by atoms with E-state index in [2.05, 4.69) is 25.7 Å². The molecule has 30 heavy (non-hydrogen) atoms. The number of rotatable bonds is 13. The van der Waals surface area contributed by atoms with Gasteiger partial charge in [0.1, 0.15) is 0 Å². The molecule has 1 atom stereocenters. The number of nitrogens with zero attached hydrogens (tertiary/aromatic N) is 2. The van der Waals surface area contributed by atoms with Crippen molar-refractivity contribution >= 4 is 17.5 Å². The zero-order chi connectivity index (χ0) is 22.4. The topological polar surface area (TPSA) is 43.8 Å². The van der Waals surface area contributed by atoms with Crippen LogP contribution in [0.3, 0.4) is 0 Å². The summed E-state index contributed by atoms with van der Waals surface area (Å²) in [5, 5.41) is 9.92. The molecule has 0 bridgehead atoms. The van der Waals surface area contributed by atoms with E-state index in [0.29, 0.717) is 11.4 Å². The fourth-order valence-electron chi connectivity index (χ4n) is 3.44. The number of benzene rings is 1. The fourth-order valence-corrected chi connectivity index (χ4v) is 3.56. The van der Waals surface area contributed by atoms with Gasteiger partial charge >= 0.3 is 0 Å². The Balaban J connectivity index is 0.000000998. The van der Waals surface area contributed by atoms with Gasteiger partial charge in [-0.25, -0.2) is 0 Å². The van der Waals surface area contributed by atoms with Crippen molar-refractivity contribution in [3.63, 3.8) is 0 Å². The first kappa shape index (κ1) is 26.9. The van der Waals surface area contributed by atoms with Crippen LogP contribution in [-0.2, 0) is 4.79 Å². The Morgan fingerprint density at radius 2 is 1.67 bits per heavy atom. The number of hydrogen-bond donors (Lipinski definition) is 1. The van der Waals surface area contributed by atoms with Crippen molar-refractivity contribution in [2.24, 2.45) is 5.92 Å². The lowest BCUT2D eigenvalue weighted by molar-refractivity contribution is -0.134. The van der Waals surface area contributed by atoms with E-state index in [9.17, 15) is 9.90 Å². The Bertz CT molecular complexity index is 575.